The molecule has 0 saturated carbocycles. The fourth-order valence-electron chi connectivity index (χ4n) is 2.76. The number of rotatable bonds is 4. The summed E-state index contributed by atoms with van der Waals surface area (Å²) >= 11 is 0. The Bertz CT molecular complexity index is 668. The SMILES string of the molecule is CCNC(=NCc1c(C)nn(C)c1C)NC1CN(C(=O)OC(C)(C)C)C1. The van der Waals surface area contributed by atoms with Crippen molar-refractivity contribution in [2.24, 2.45) is 12.0 Å². The standard InChI is InChI=1S/C18H32N6O2/c1-8-19-16(20-9-15-12(2)22-23(7)13(15)3)21-14-10-24(11-14)17(25)26-18(4,5)6/h14H,8-11H2,1-7H3,(H2,19,20,21). The van der Waals surface area contributed by atoms with E-state index in [0.29, 0.717) is 19.6 Å². The summed E-state index contributed by atoms with van der Waals surface area (Å²) in [5, 5.41) is 11.1. The third-order valence-corrected chi connectivity index (χ3v) is 4.27. The number of nitrogens with zero attached hydrogens (tertiary/aromatic N) is 4. The van der Waals surface area contributed by atoms with Crippen LogP contribution in [0, 0.1) is 13.8 Å². The molecule has 1 saturated heterocycles. The van der Waals surface area contributed by atoms with Gasteiger partial charge in [0.05, 0.1) is 18.3 Å². The van der Waals surface area contributed by atoms with E-state index < -0.39 is 5.60 Å². The van der Waals surface area contributed by atoms with Crippen molar-refractivity contribution in [2.45, 2.75) is 59.7 Å². The Labute approximate surface area is 156 Å². The largest absolute Gasteiger partial charge is 0.444 e. The van der Waals surface area contributed by atoms with Gasteiger partial charge in [-0.25, -0.2) is 9.79 Å². The first kappa shape index (κ1) is 20.1. The van der Waals surface area contributed by atoms with Crippen molar-refractivity contribution in [3.63, 3.8) is 0 Å². The quantitative estimate of drug-likeness (QED) is 0.628. The number of amides is 1. The average Bonchev–Trinajstić information content (AvgIpc) is 2.71. The summed E-state index contributed by atoms with van der Waals surface area (Å²) in [7, 11) is 1.94. The van der Waals surface area contributed by atoms with E-state index in [4.69, 9.17) is 4.74 Å². The highest BCUT2D eigenvalue weighted by atomic mass is 16.6. The minimum Gasteiger partial charge on any atom is -0.444 e. The molecule has 2 N–H and O–H groups in total. The lowest BCUT2D eigenvalue weighted by Crippen LogP contribution is -2.63. The molecule has 0 bridgehead atoms. The third-order valence-electron chi connectivity index (χ3n) is 4.27. The van der Waals surface area contributed by atoms with Gasteiger partial charge < -0.3 is 20.3 Å². The van der Waals surface area contributed by atoms with Gasteiger partial charge in [-0.15, -0.1) is 0 Å². The van der Waals surface area contributed by atoms with E-state index in [0.717, 1.165) is 29.5 Å². The van der Waals surface area contributed by atoms with E-state index in [2.05, 4.69) is 27.6 Å². The van der Waals surface area contributed by atoms with Gasteiger partial charge in [-0.05, 0) is 41.5 Å². The maximum Gasteiger partial charge on any atom is 0.410 e. The van der Waals surface area contributed by atoms with Crippen LogP contribution in [0.4, 0.5) is 4.79 Å². The molecule has 8 heteroatoms. The van der Waals surface area contributed by atoms with Crippen LogP contribution in [0.5, 0.6) is 0 Å². The first-order valence-corrected chi connectivity index (χ1v) is 9.12. The predicted molar refractivity (Wildman–Crippen MR) is 102 cm³/mol. The van der Waals surface area contributed by atoms with Gasteiger partial charge in [-0.1, -0.05) is 0 Å². The highest BCUT2D eigenvalue weighted by Gasteiger charge is 2.34. The monoisotopic (exact) mass is 364 g/mol. The molecule has 1 aromatic heterocycles. The Balaban J connectivity index is 1.90. The second kappa shape index (κ2) is 7.97. The maximum absolute atomic E-state index is 12.0. The molecule has 0 spiro atoms. The van der Waals surface area contributed by atoms with Gasteiger partial charge >= 0.3 is 6.09 Å². The third kappa shape index (κ3) is 5.12. The molecule has 1 aliphatic rings. The molecule has 2 heterocycles. The second-order valence-corrected chi connectivity index (χ2v) is 7.69. The van der Waals surface area contributed by atoms with E-state index >= 15 is 0 Å². The van der Waals surface area contributed by atoms with Crippen LogP contribution in [0.15, 0.2) is 4.99 Å². The molecule has 8 nitrogen and oxygen atoms in total. The highest BCUT2D eigenvalue weighted by molar-refractivity contribution is 5.80. The highest BCUT2D eigenvalue weighted by Crippen LogP contribution is 2.16. The number of guanidine groups is 1. The zero-order valence-corrected chi connectivity index (χ0v) is 17.0. The van der Waals surface area contributed by atoms with Crippen molar-refractivity contribution in [1.82, 2.24) is 25.3 Å². The summed E-state index contributed by atoms with van der Waals surface area (Å²) < 4.78 is 7.26. The number of likely N-dealkylation sites (tertiary alicyclic amines) is 1. The molecule has 0 unspecified atom stereocenters. The molecule has 1 aromatic rings. The molecule has 146 valence electrons. The number of aryl methyl sites for hydroxylation is 2. The molecular weight excluding hydrogens is 332 g/mol. The molecule has 1 fully saturated rings. The van der Waals surface area contributed by atoms with Crippen LogP contribution in [0.25, 0.3) is 0 Å². The van der Waals surface area contributed by atoms with Crippen molar-refractivity contribution >= 4 is 12.1 Å². The van der Waals surface area contributed by atoms with Crippen molar-refractivity contribution in [3.8, 4) is 0 Å². The van der Waals surface area contributed by atoms with Crippen LogP contribution >= 0.6 is 0 Å². The molecule has 0 atom stereocenters. The number of aliphatic imine (C=N–C) groups is 1. The zero-order chi connectivity index (χ0) is 19.5. The number of carbonyl (C=O) groups excluding carboxylic acids is 1. The van der Waals surface area contributed by atoms with Crippen molar-refractivity contribution in [2.75, 3.05) is 19.6 Å². The number of hydrogen-bond acceptors (Lipinski definition) is 4. The number of hydrogen-bond donors (Lipinski definition) is 2. The number of carbonyl (C=O) groups is 1. The maximum atomic E-state index is 12.0. The summed E-state index contributed by atoms with van der Waals surface area (Å²) in [5.74, 6) is 0.754. The first-order chi connectivity index (χ1) is 12.1. The zero-order valence-electron chi connectivity index (χ0n) is 17.0. The Morgan fingerprint density at radius 3 is 2.50 bits per heavy atom. The second-order valence-electron chi connectivity index (χ2n) is 7.69. The van der Waals surface area contributed by atoms with Gasteiger partial charge in [0, 0.05) is 37.9 Å². The normalized spacial score (nSPS) is 15.7. The van der Waals surface area contributed by atoms with Crippen LogP contribution in [0.2, 0.25) is 0 Å². The van der Waals surface area contributed by atoms with Gasteiger partial charge in [0.1, 0.15) is 5.60 Å². The molecule has 0 aromatic carbocycles. The van der Waals surface area contributed by atoms with Crippen molar-refractivity contribution in [3.05, 3.63) is 17.0 Å². The Morgan fingerprint density at radius 2 is 2.00 bits per heavy atom. The predicted octanol–water partition coefficient (Wildman–Crippen LogP) is 1.71. The van der Waals surface area contributed by atoms with Gasteiger partial charge in [0.15, 0.2) is 5.96 Å². The van der Waals surface area contributed by atoms with Gasteiger partial charge in [-0.3, -0.25) is 4.68 Å². The Hall–Kier alpha value is -2.25. The summed E-state index contributed by atoms with van der Waals surface area (Å²) in [6.45, 7) is 14.3. The van der Waals surface area contributed by atoms with Crippen LogP contribution in [-0.2, 0) is 18.3 Å². The summed E-state index contributed by atoms with van der Waals surface area (Å²) in [6, 6.07) is 0.177. The number of aromatic nitrogens is 2. The fourth-order valence-corrected chi connectivity index (χ4v) is 2.76. The van der Waals surface area contributed by atoms with E-state index in [1.807, 2.05) is 46.3 Å². The van der Waals surface area contributed by atoms with E-state index in [9.17, 15) is 4.79 Å². The molecule has 0 aliphatic carbocycles. The molecule has 2 rings (SSSR count). The lowest BCUT2D eigenvalue weighted by molar-refractivity contribution is 0.00701. The summed E-state index contributed by atoms with van der Waals surface area (Å²) in [6.07, 6.45) is -0.265. The molecular formula is C18H32N6O2. The van der Waals surface area contributed by atoms with Gasteiger partial charge in [0.25, 0.3) is 0 Å². The van der Waals surface area contributed by atoms with E-state index in [1.165, 1.54) is 0 Å². The van der Waals surface area contributed by atoms with Crippen LogP contribution < -0.4 is 10.6 Å². The molecule has 26 heavy (non-hydrogen) atoms. The smallest absolute Gasteiger partial charge is 0.410 e. The molecule has 1 amide bonds. The van der Waals surface area contributed by atoms with Crippen LogP contribution in [-0.4, -0.2) is 58.0 Å². The van der Waals surface area contributed by atoms with Crippen LogP contribution in [0.3, 0.4) is 0 Å². The lowest BCUT2D eigenvalue weighted by Gasteiger charge is -2.40. The van der Waals surface area contributed by atoms with E-state index in [1.54, 1.807) is 4.90 Å². The molecule has 0 radical (unpaired) electrons. The van der Waals surface area contributed by atoms with Gasteiger partial charge in [-0.2, -0.15) is 5.10 Å². The van der Waals surface area contributed by atoms with Crippen molar-refractivity contribution in [1.29, 1.82) is 0 Å². The van der Waals surface area contributed by atoms with Crippen molar-refractivity contribution < 1.29 is 9.53 Å². The number of ether oxygens (including phenoxy) is 1. The van der Waals surface area contributed by atoms with Gasteiger partial charge in [0.2, 0.25) is 0 Å². The fraction of sp³-hybridized carbons (Fsp3) is 0.722. The van der Waals surface area contributed by atoms with E-state index in [-0.39, 0.29) is 12.1 Å². The number of nitrogens with one attached hydrogen (secondary N) is 2. The minimum atomic E-state index is -0.467. The summed E-state index contributed by atoms with van der Waals surface area (Å²) in [5.41, 5.74) is 2.81. The topological polar surface area (TPSA) is 83.8 Å². The lowest BCUT2D eigenvalue weighted by atomic mass is 10.1. The Kier molecular flexibility index (Phi) is 6.15. The first-order valence-electron chi connectivity index (χ1n) is 9.12. The van der Waals surface area contributed by atoms with Crippen LogP contribution in [0.1, 0.15) is 44.6 Å². The molecule has 1 aliphatic heterocycles. The summed E-state index contributed by atoms with van der Waals surface area (Å²) in [4.78, 5) is 18.4. The average molecular weight is 364 g/mol. The minimum absolute atomic E-state index is 0.177. The Morgan fingerprint density at radius 1 is 1.35 bits per heavy atom.